The molecule has 0 radical (unpaired) electrons. The van der Waals surface area contributed by atoms with Crippen LogP contribution in [-0.2, 0) is 14.4 Å². The summed E-state index contributed by atoms with van der Waals surface area (Å²) in [5.74, 6) is -1.96. The molecule has 11 heteroatoms. The monoisotopic (exact) mass is 486 g/mol. The molecular formula is C24H22O11. The molecule has 0 saturated carbocycles. The lowest BCUT2D eigenvalue weighted by molar-refractivity contribution is -0.133. The third-order valence-corrected chi connectivity index (χ3v) is 4.60. The molecule has 35 heavy (non-hydrogen) atoms. The second kappa shape index (κ2) is 10.2. The van der Waals surface area contributed by atoms with E-state index in [-0.39, 0.29) is 56.8 Å². The van der Waals surface area contributed by atoms with Gasteiger partial charge in [0.05, 0.1) is 26.9 Å². The van der Waals surface area contributed by atoms with Crippen molar-refractivity contribution in [2.75, 3.05) is 21.3 Å². The van der Waals surface area contributed by atoms with Gasteiger partial charge in [0.25, 0.3) is 0 Å². The molecule has 0 aliphatic rings. The Labute approximate surface area is 199 Å². The van der Waals surface area contributed by atoms with Crippen molar-refractivity contribution in [3.8, 4) is 45.8 Å². The van der Waals surface area contributed by atoms with Gasteiger partial charge in [-0.15, -0.1) is 0 Å². The number of hydrogen-bond acceptors (Lipinski definition) is 11. The first-order valence-electron chi connectivity index (χ1n) is 10.1. The first kappa shape index (κ1) is 25.1. The Morgan fingerprint density at radius 2 is 1.26 bits per heavy atom. The maximum absolute atomic E-state index is 13.2. The first-order chi connectivity index (χ1) is 16.6. The number of hydrogen-bond donors (Lipinski definition) is 0. The van der Waals surface area contributed by atoms with Crippen LogP contribution in [0.4, 0.5) is 0 Å². The Bertz CT molecular complexity index is 1380. The van der Waals surface area contributed by atoms with E-state index < -0.39 is 23.3 Å². The molecule has 0 aliphatic carbocycles. The maximum atomic E-state index is 13.2. The average molecular weight is 486 g/mol. The van der Waals surface area contributed by atoms with Gasteiger partial charge in [0.2, 0.25) is 5.75 Å². The quantitative estimate of drug-likeness (QED) is 0.359. The van der Waals surface area contributed by atoms with Crippen LogP contribution >= 0.6 is 0 Å². The molecule has 0 amide bonds. The third kappa shape index (κ3) is 5.18. The van der Waals surface area contributed by atoms with Crippen molar-refractivity contribution in [2.24, 2.45) is 0 Å². The summed E-state index contributed by atoms with van der Waals surface area (Å²) in [6, 6.07) is 5.16. The largest absolute Gasteiger partial charge is 0.493 e. The van der Waals surface area contributed by atoms with E-state index in [1.54, 1.807) is 0 Å². The van der Waals surface area contributed by atoms with Gasteiger partial charge in [-0.3, -0.25) is 19.2 Å². The zero-order chi connectivity index (χ0) is 25.9. The van der Waals surface area contributed by atoms with Crippen molar-refractivity contribution in [1.29, 1.82) is 0 Å². The predicted octanol–water partition coefficient (Wildman–Crippen LogP) is 3.26. The highest BCUT2D eigenvalue weighted by molar-refractivity contribution is 5.92. The van der Waals surface area contributed by atoms with Crippen molar-refractivity contribution in [3.05, 3.63) is 34.5 Å². The van der Waals surface area contributed by atoms with E-state index in [2.05, 4.69) is 0 Å². The molecule has 0 saturated heterocycles. The number of fused-ring (bicyclic) bond motifs is 1. The van der Waals surface area contributed by atoms with Gasteiger partial charge >= 0.3 is 17.9 Å². The number of esters is 3. The molecule has 0 fully saturated rings. The standard InChI is InChI=1S/C24H22O11/c1-11(25)32-17-9-19(33-12(2)26)18(29-4)7-14(17)16-8-15(28)22-20(35-16)10-21(30-5)23(31-6)24(22)34-13(3)27/h7-10H,1-6H3. The summed E-state index contributed by atoms with van der Waals surface area (Å²) in [7, 11) is 4.03. The summed E-state index contributed by atoms with van der Waals surface area (Å²) in [4.78, 5) is 48.1. The molecule has 3 rings (SSSR count). The number of methoxy groups -OCH3 is 3. The molecule has 0 N–H and O–H groups in total. The fraction of sp³-hybridized carbons (Fsp3) is 0.250. The van der Waals surface area contributed by atoms with Gasteiger partial charge in [-0.05, 0) is 6.07 Å². The Kier molecular flexibility index (Phi) is 7.28. The van der Waals surface area contributed by atoms with Gasteiger partial charge in [-0.2, -0.15) is 0 Å². The molecule has 0 spiro atoms. The van der Waals surface area contributed by atoms with Gasteiger partial charge in [0.1, 0.15) is 22.5 Å². The van der Waals surface area contributed by atoms with Gasteiger partial charge in [0.15, 0.2) is 28.4 Å². The fourth-order valence-corrected chi connectivity index (χ4v) is 3.33. The summed E-state index contributed by atoms with van der Waals surface area (Å²) in [6.07, 6.45) is 0. The summed E-state index contributed by atoms with van der Waals surface area (Å²) in [5.41, 5.74) is -0.441. The number of rotatable bonds is 7. The normalized spacial score (nSPS) is 10.5. The minimum atomic E-state index is -0.690. The van der Waals surface area contributed by atoms with Crippen LogP contribution in [0, 0.1) is 0 Å². The first-order valence-corrected chi connectivity index (χ1v) is 10.1. The van der Waals surface area contributed by atoms with Gasteiger partial charge in [0, 0.05) is 39.0 Å². The highest BCUT2D eigenvalue weighted by atomic mass is 16.6. The fourth-order valence-electron chi connectivity index (χ4n) is 3.33. The third-order valence-electron chi connectivity index (χ3n) is 4.60. The van der Waals surface area contributed by atoms with E-state index in [0.717, 1.165) is 6.07 Å². The van der Waals surface area contributed by atoms with E-state index in [0.29, 0.717) is 0 Å². The number of carbonyl (C=O) groups excluding carboxylic acids is 3. The molecule has 1 aromatic heterocycles. The SMILES string of the molecule is COc1cc(-c2cc(=O)c3c(OC(C)=O)c(OC)c(OC)cc3o2)c(OC(C)=O)cc1OC(C)=O. The lowest BCUT2D eigenvalue weighted by Gasteiger charge is -2.16. The van der Waals surface area contributed by atoms with Crippen LogP contribution in [0.2, 0.25) is 0 Å². The summed E-state index contributed by atoms with van der Waals surface area (Å²) in [5, 5.41) is -0.0702. The van der Waals surface area contributed by atoms with Crippen LogP contribution in [-0.4, -0.2) is 39.2 Å². The molecule has 0 unspecified atom stereocenters. The number of carbonyl (C=O) groups is 3. The Balaban J connectivity index is 2.36. The van der Waals surface area contributed by atoms with Crippen LogP contribution in [0.15, 0.2) is 33.5 Å². The maximum Gasteiger partial charge on any atom is 0.308 e. The molecule has 0 atom stereocenters. The second-order valence-electron chi connectivity index (χ2n) is 7.07. The van der Waals surface area contributed by atoms with Crippen molar-refractivity contribution >= 4 is 28.9 Å². The molecule has 0 aliphatic heterocycles. The summed E-state index contributed by atoms with van der Waals surface area (Å²) >= 11 is 0. The van der Waals surface area contributed by atoms with E-state index in [4.69, 9.17) is 32.8 Å². The lowest BCUT2D eigenvalue weighted by atomic mass is 10.1. The van der Waals surface area contributed by atoms with Crippen LogP contribution < -0.4 is 33.8 Å². The molecule has 11 nitrogen and oxygen atoms in total. The molecule has 1 heterocycles. The van der Waals surface area contributed by atoms with Crippen molar-refractivity contribution in [3.63, 3.8) is 0 Å². The second-order valence-corrected chi connectivity index (χ2v) is 7.07. The number of benzene rings is 2. The van der Waals surface area contributed by atoms with E-state index in [1.807, 2.05) is 0 Å². The highest BCUT2D eigenvalue weighted by Crippen LogP contribution is 2.45. The smallest absolute Gasteiger partial charge is 0.308 e. The topological polar surface area (TPSA) is 137 Å². The van der Waals surface area contributed by atoms with Crippen LogP contribution in [0.1, 0.15) is 20.8 Å². The summed E-state index contributed by atoms with van der Waals surface area (Å²) < 4.78 is 37.5. The van der Waals surface area contributed by atoms with Crippen LogP contribution in [0.5, 0.6) is 34.5 Å². The molecule has 3 aromatic rings. The Morgan fingerprint density at radius 3 is 1.80 bits per heavy atom. The summed E-state index contributed by atoms with van der Waals surface area (Å²) in [6.45, 7) is 3.55. The molecule has 0 bridgehead atoms. The van der Waals surface area contributed by atoms with Crippen LogP contribution in [0.3, 0.4) is 0 Å². The Hall–Kier alpha value is -4.54. The lowest BCUT2D eigenvalue weighted by Crippen LogP contribution is -2.10. The molecule has 2 aromatic carbocycles. The minimum absolute atomic E-state index is 0.00166. The van der Waals surface area contributed by atoms with Gasteiger partial charge < -0.3 is 32.8 Å². The molecular weight excluding hydrogens is 464 g/mol. The zero-order valence-corrected chi connectivity index (χ0v) is 19.8. The van der Waals surface area contributed by atoms with Gasteiger partial charge in [-0.1, -0.05) is 0 Å². The molecule has 184 valence electrons. The highest BCUT2D eigenvalue weighted by Gasteiger charge is 2.25. The van der Waals surface area contributed by atoms with Crippen LogP contribution in [0.25, 0.3) is 22.3 Å². The van der Waals surface area contributed by atoms with E-state index in [1.165, 1.54) is 60.3 Å². The zero-order valence-electron chi connectivity index (χ0n) is 19.8. The van der Waals surface area contributed by atoms with Crippen molar-refractivity contribution < 1.29 is 47.2 Å². The van der Waals surface area contributed by atoms with Gasteiger partial charge in [-0.25, -0.2) is 0 Å². The minimum Gasteiger partial charge on any atom is -0.493 e. The predicted molar refractivity (Wildman–Crippen MR) is 122 cm³/mol. The van der Waals surface area contributed by atoms with E-state index >= 15 is 0 Å². The van der Waals surface area contributed by atoms with Crippen molar-refractivity contribution in [1.82, 2.24) is 0 Å². The van der Waals surface area contributed by atoms with Crippen molar-refractivity contribution in [2.45, 2.75) is 20.8 Å². The Morgan fingerprint density at radius 1 is 0.657 bits per heavy atom. The average Bonchev–Trinajstić information content (AvgIpc) is 2.77. The van der Waals surface area contributed by atoms with E-state index in [9.17, 15) is 19.2 Å². The number of ether oxygens (including phenoxy) is 6.